The summed E-state index contributed by atoms with van der Waals surface area (Å²) in [7, 11) is 0. The highest BCUT2D eigenvalue weighted by Crippen LogP contribution is 2.18. The Kier molecular flexibility index (Phi) is 4.97. The van der Waals surface area contributed by atoms with E-state index in [1.54, 1.807) is 6.92 Å². The average Bonchev–Trinajstić information content (AvgIpc) is 2.29. The summed E-state index contributed by atoms with van der Waals surface area (Å²) in [6, 6.07) is 8.05. The minimum absolute atomic E-state index is 0.0546. The molecular weight excluding hydrogens is 214 g/mol. The van der Waals surface area contributed by atoms with Gasteiger partial charge in [0.1, 0.15) is 5.75 Å². The largest absolute Gasteiger partial charge is 0.491 e. The number of nitrogens with two attached hydrogens (primary N) is 1. The molecule has 0 spiro atoms. The summed E-state index contributed by atoms with van der Waals surface area (Å²) in [5.74, 6) is 0.836. The van der Waals surface area contributed by atoms with E-state index < -0.39 is 5.60 Å². The monoisotopic (exact) mass is 237 g/mol. The van der Waals surface area contributed by atoms with E-state index >= 15 is 0 Å². The molecule has 0 heterocycles. The van der Waals surface area contributed by atoms with Crippen molar-refractivity contribution in [2.75, 3.05) is 6.54 Å². The van der Waals surface area contributed by atoms with Crippen LogP contribution in [0.1, 0.15) is 32.8 Å². The summed E-state index contributed by atoms with van der Waals surface area (Å²) >= 11 is 0. The van der Waals surface area contributed by atoms with Crippen LogP contribution in [0.15, 0.2) is 24.3 Å². The zero-order valence-corrected chi connectivity index (χ0v) is 10.9. The lowest BCUT2D eigenvalue weighted by Gasteiger charge is -2.25. The van der Waals surface area contributed by atoms with E-state index in [4.69, 9.17) is 10.5 Å². The summed E-state index contributed by atoms with van der Waals surface area (Å²) in [5, 5.41) is 9.85. The van der Waals surface area contributed by atoms with Crippen molar-refractivity contribution < 1.29 is 9.84 Å². The standard InChI is InChI=1S/C14H23NO2/c1-4-12-5-7-13(8-6-12)17-11(2)9-14(3,16)10-15/h5-8,11,16H,4,9-10,15H2,1-3H3. The SMILES string of the molecule is CCc1ccc(OC(C)CC(C)(O)CN)cc1. The molecular formula is C14H23NO2. The second-order valence-electron chi connectivity index (χ2n) is 4.83. The third-order valence-electron chi connectivity index (χ3n) is 2.84. The van der Waals surface area contributed by atoms with E-state index in [0.717, 1.165) is 12.2 Å². The number of aryl methyl sites for hydroxylation is 1. The normalized spacial score (nSPS) is 16.3. The van der Waals surface area contributed by atoms with Gasteiger partial charge in [0.05, 0.1) is 11.7 Å². The maximum atomic E-state index is 9.85. The molecule has 0 aliphatic rings. The molecule has 1 aromatic rings. The summed E-state index contributed by atoms with van der Waals surface area (Å²) in [5.41, 5.74) is 5.91. The highest BCUT2D eigenvalue weighted by molar-refractivity contribution is 5.27. The van der Waals surface area contributed by atoms with Gasteiger partial charge in [-0.25, -0.2) is 0 Å². The van der Waals surface area contributed by atoms with Gasteiger partial charge in [0, 0.05) is 13.0 Å². The van der Waals surface area contributed by atoms with Gasteiger partial charge in [-0.2, -0.15) is 0 Å². The van der Waals surface area contributed by atoms with Gasteiger partial charge in [0.2, 0.25) is 0 Å². The van der Waals surface area contributed by atoms with Gasteiger partial charge in [0.25, 0.3) is 0 Å². The third kappa shape index (κ3) is 4.75. The van der Waals surface area contributed by atoms with Crippen LogP contribution in [0.5, 0.6) is 5.75 Å². The summed E-state index contributed by atoms with van der Waals surface area (Å²) in [4.78, 5) is 0. The van der Waals surface area contributed by atoms with Crippen molar-refractivity contribution in [1.29, 1.82) is 0 Å². The Labute approximate surface area is 104 Å². The molecule has 0 amide bonds. The molecule has 0 saturated heterocycles. The van der Waals surface area contributed by atoms with E-state index in [0.29, 0.717) is 6.42 Å². The van der Waals surface area contributed by atoms with Crippen molar-refractivity contribution in [2.45, 2.75) is 45.3 Å². The van der Waals surface area contributed by atoms with E-state index in [9.17, 15) is 5.11 Å². The van der Waals surface area contributed by atoms with Crippen molar-refractivity contribution in [1.82, 2.24) is 0 Å². The molecule has 0 saturated carbocycles. The maximum Gasteiger partial charge on any atom is 0.119 e. The second kappa shape index (κ2) is 6.03. The van der Waals surface area contributed by atoms with Gasteiger partial charge in [-0.1, -0.05) is 19.1 Å². The predicted molar refractivity (Wildman–Crippen MR) is 70.2 cm³/mol. The lowest BCUT2D eigenvalue weighted by molar-refractivity contribution is 0.0237. The molecule has 3 N–H and O–H groups in total. The van der Waals surface area contributed by atoms with Crippen LogP contribution >= 0.6 is 0 Å². The lowest BCUT2D eigenvalue weighted by Crippen LogP contribution is -2.38. The molecule has 3 nitrogen and oxygen atoms in total. The fourth-order valence-corrected chi connectivity index (χ4v) is 1.78. The van der Waals surface area contributed by atoms with E-state index in [2.05, 4.69) is 19.1 Å². The van der Waals surface area contributed by atoms with E-state index in [1.807, 2.05) is 19.1 Å². The minimum Gasteiger partial charge on any atom is -0.491 e. The first-order valence-electron chi connectivity index (χ1n) is 6.15. The van der Waals surface area contributed by atoms with Crippen LogP contribution < -0.4 is 10.5 Å². The highest BCUT2D eigenvalue weighted by Gasteiger charge is 2.22. The van der Waals surface area contributed by atoms with Crippen LogP contribution in [0.3, 0.4) is 0 Å². The van der Waals surface area contributed by atoms with Crippen molar-refractivity contribution in [3.05, 3.63) is 29.8 Å². The van der Waals surface area contributed by atoms with Gasteiger partial charge < -0.3 is 15.6 Å². The van der Waals surface area contributed by atoms with Crippen molar-refractivity contribution in [2.24, 2.45) is 5.73 Å². The quantitative estimate of drug-likeness (QED) is 0.796. The maximum absolute atomic E-state index is 9.85. The number of hydrogen-bond donors (Lipinski definition) is 2. The van der Waals surface area contributed by atoms with Crippen LogP contribution in [-0.2, 0) is 6.42 Å². The Morgan fingerprint density at radius 3 is 2.41 bits per heavy atom. The number of aliphatic hydroxyl groups is 1. The molecule has 1 aromatic carbocycles. The molecule has 0 bridgehead atoms. The van der Waals surface area contributed by atoms with Gasteiger partial charge in [-0.3, -0.25) is 0 Å². The summed E-state index contributed by atoms with van der Waals surface area (Å²) in [6.45, 7) is 6.04. The first-order valence-corrected chi connectivity index (χ1v) is 6.15. The fourth-order valence-electron chi connectivity index (χ4n) is 1.78. The third-order valence-corrected chi connectivity index (χ3v) is 2.84. The van der Waals surface area contributed by atoms with Gasteiger partial charge in [0.15, 0.2) is 0 Å². The van der Waals surface area contributed by atoms with Crippen LogP contribution in [0.25, 0.3) is 0 Å². The fraction of sp³-hybridized carbons (Fsp3) is 0.571. The molecule has 1 rings (SSSR count). The first-order chi connectivity index (χ1) is 7.96. The molecule has 0 aliphatic heterocycles. The molecule has 0 aliphatic carbocycles. The van der Waals surface area contributed by atoms with Crippen molar-refractivity contribution >= 4 is 0 Å². The number of ether oxygens (including phenoxy) is 1. The molecule has 2 unspecified atom stereocenters. The Hall–Kier alpha value is -1.06. The summed E-state index contributed by atoms with van der Waals surface area (Å²) < 4.78 is 5.74. The topological polar surface area (TPSA) is 55.5 Å². The zero-order chi connectivity index (χ0) is 12.9. The Morgan fingerprint density at radius 2 is 1.94 bits per heavy atom. The lowest BCUT2D eigenvalue weighted by atomic mass is 9.99. The molecule has 0 aromatic heterocycles. The Balaban J connectivity index is 2.52. The highest BCUT2D eigenvalue weighted by atomic mass is 16.5. The molecule has 0 fully saturated rings. The zero-order valence-electron chi connectivity index (χ0n) is 10.9. The van der Waals surface area contributed by atoms with Crippen LogP contribution in [0.2, 0.25) is 0 Å². The number of hydrogen-bond acceptors (Lipinski definition) is 3. The predicted octanol–water partition coefficient (Wildman–Crippen LogP) is 2.12. The van der Waals surface area contributed by atoms with Gasteiger partial charge in [-0.05, 0) is 38.0 Å². The molecule has 17 heavy (non-hydrogen) atoms. The van der Waals surface area contributed by atoms with E-state index in [-0.39, 0.29) is 12.6 Å². The summed E-state index contributed by atoms with van der Waals surface area (Å²) in [6.07, 6.45) is 1.50. The van der Waals surface area contributed by atoms with Crippen molar-refractivity contribution in [3.8, 4) is 5.75 Å². The number of rotatable bonds is 6. The molecule has 96 valence electrons. The van der Waals surface area contributed by atoms with Crippen LogP contribution in [-0.4, -0.2) is 23.4 Å². The van der Waals surface area contributed by atoms with Gasteiger partial charge >= 0.3 is 0 Å². The van der Waals surface area contributed by atoms with E-state index in [1.165, 1.54) is 5.56 Å². The molecule has 0 radical (unpaired) electrons. The second-order valence-corrected chi connectivity index (χ2v) is 4.83. The number of benzene rings is 1. The minimum atomic E-state index is -0.858. The Morgan fingerprint density at radius 1 is 1.35 bits per heavy atom. The molecule has 2 atom stereocenters. The smallest absolute Gasteiger partial charge is 0.119 e. The van der Waals surface area contributed by atoms with Crippen LogP contribution in [0, 0.1) is 0 Å². The average molecular weight is 237 g/mol. The first kappa shape index (κ1) is 14.0. The van der Waals surface area contributed by atoms with Crippen molar-refractivity contribution in [3.63, 3.8) is 0 Å². The Bertz CT molecular complexity index is 333. The van der Waals surface area contributed by atoms with Gasteiger partial charge in [-0.15, -0.1) is 0 Å². The molecule has 3 heteroatoms. The van der Waals surface area contributed by atoms with Crippen LogP contribution in [0.4, 0.5) is 0 Å².